The largest absolute Gasteiger partial charge is 0.368 e. The van der Waals surface area contributed by atoms with Gasteiger partial charge in [0.1, 0.15) is 0 Å². The average molecular weight is 281 g/mol. The van der Waals surface area contributed by atoms with Gasteiger partial charge < -0.3 is 15.5 Å². The Morgan fingerprint density at radius 3 is 2.05 bits per heavy atom. The van der Waals surface area contributed by atoms with Crippen molar-refractivity contribution in [2.24, 2.45) is 5.73 Å². The molecule has 110 valence electrons. The smallest absolute Gasteiger partial charge is 0.0415 e. The van der Waals surface area contributed by atoms with E-state index >= 15 is 0 Å². The molecule has 2 aromatic rings. The fraction of sp³-hybridized carbons (Fsp3) is 0.333. The molecule has 3 rings (SSSR count). The highest BCUT2D eigenvalue weighted by atomic mass is 15.3. The molecule has 2 N–H and O–H groups in total. The molecule has 0 bridgehead atoms. The van der Waals surface area contributed by atoms with Gasteiger partial charge in [-0.1, -0.05) is 36.4 Å². The van der Waals surface area contributed by atoms with Crippen LogP contribution in [0.1, 0.15) is 18.5 Å². The van der Waals surface area contributed by atoms with Gasteiger partial charge in [-0.25, -0.2) is 0 Å². The molecule has 0 spiro atoms. The van der Waals surface area contributed by atoms with Crippen LogP contribution < -0.4 is 15.5 Å². The van der Waals surface area contributed by atoms with Gasteiger partial charge in [0.25, 0.3) is 0 Å². The number of nitrogens with two attached hydrogens (primary N) is 1. The van der Waals surface area contributed by atoms with E-state index in [0.29, 0.717) is 0 Å². The monoisotopic (exact) mass is 281 g/mol. The van der Waals surface area contributed by atoms with Crippen LogP contribution in [0.5, 0.6) is 0 Å². The van der Waals surface area contributed by atoms with Gasteiger partial charge >= 0.3 is 0 Å². The van der Waals surface area contributed by atoms with Gasteiger partial charge in [-0.05, 0) is 30.7 Å². The Morgan fingerprint density at radius 1 is 0.810 bits per heavy atom. The molecule has 1 aliphatic rings. The van der Waals surface area contributed by atoms with Gasteiger partial charge in [0.2, 0.25) is 0 Å². The van der Waals surface area contributed by atoms with E-state index in [-0.39, 0.29) is 6.04 Å². The highest BCUT2D eigenvalue weighted by molar-refractivity contribution is 5.57. The molecule has 3 nitrogen and oxygen atoms in total. The maximum absolute atomic E-state index is 6.10. The summed E-state index contributed by atoms with van der Waals surface area (Å²) < 4.78 is 0. The van der Waals surface area contributed by atoms with Gasteiger partial charge in [-0.15, -0.1) is 0 Å². The normalized spacial score (nSPS) is 16.9. The topological polar surface area (TPSA) is 32.5 Å². The number of piperazine rings is 1. The average Bonchev–Trinajstić information content (AvgIpc) is 2.56. The Kier molecular flexibility index (Phi) is 4.11. The second kappa shape index (κ2) is 6.19. The summed E-state index contributed by atoms with van der Waals surface area (Å²) in [4.78, 5) is 4.91. The second-order valence-electron chi connectivity index (χ2n) is 5.66. The molecule has 21 heavy (non-hydrogen) atoms. The Morgan fingerprint density at radius 2 is 1.38 bits per heavy atom. The molecule has 0 amide bonds. The van der Waals surface area contributed by atoms with Crippen molar-refractivity contribution in [3.63, 3.8) is 0 Å². The number of para-hydroxylation sites is 2. The van der Waals surface area contributed by atoms with Crippen LogP contribution in [0.25, 0.3) is 0 Å². The third-order valence-corrected chi connectivity index (χ3v) is 4.17. The van der Waals surface area contributed by atoms with Crippen LogP contribution in [0.2, 0.25) is 0 Å². The first kappa shape index (κ1) is 14.0. The van der Waals surface area contributed by atoms with Crippen LogP contribution in [0.15, 0.2) is 54.6 Å². The molecule has 3 heteroatoms. The third-order valence-electron chi connectivity index (χ3n) is 4.17. The number of anilines is 2. The Bertz CT molecular complexity index is 572. The zero-order valence-electron chi connectivity index (χ0n) is 12.6. The van der Waals surface area contributed by atoms with Crippen LogP contribution in [0.4, 0.5) is 11.4 Å². The second-order valence-corrected chi connectivity index (χ2v) is 5.66. The molecule has 1 atom stereocenters. The molecule has 1 fully saturated rings. The molecule has 2 aromatic carbocycles. The number of benzene rings is 2. The van der Waals surface area contributed by atoms with Crippen molar-refractivity contribution in [1.82, 2.24) is 0 Å². The quantitative estimate of drug-likeness (QED) is 0.938. The van der Waals surface area contributed by atoms with E-state index in [2.05, 4.69) is 71.3 Å². The van der Waals surface area contributed by atoms with Gasteiger partial charge in [-0.3, -0.25) is 0 Å². The summed E-state index contributed by atoms with van der Waals surface area (Å²) in [6.45, 7) is 6.24. The maximum Gasteiger partial charge on any atom is 0.0415 e. The number of rotatable bonds is 3. The molecule has 1 heterocycles. The van der Waals surface area contributed by atoms with Crippen molar-refractivity contribution in [3.8, 4) is 0 Å². The minimum Gasteiger partial charge on any atom is -0.368 e. The zero-order valence-corrected chi connectivity index (χ0v) is 12.6. The first-order valence-corrected chi connectivity index (χ1v) is 7.65. The molecular weight excluding hydrogens is 258 g/mol. The zero-order chi connectivity index (χ0) is 14.7. The van der Waals surface area contributed by atoms with E-state index in [9.17, 15) is 0 Å². The highest BCUT2D eigenvalue weighted by Gasteiger charge is 2.19. The number of hydrogen-bond donors (Lipinski definition) is 1. The summed E-state index contributed by atoms with van der Waals surface area (Å²) in [5, 5.41) is 0. The van der Waals surface area contributed by atoms with Crippen LogP contribution in [-0.4, -0.2) is 26.2 Å². The van der Waals surface area contributed by atoms with Crippen molar-refractivity contribution >= 4 is 11.4 Å². The van der Waals surface area contributed by atoms with E-state index in [1.165, 1.54) is 16.9 Å². The number of hydrogen-bond acceptors (Lipinski definition) is 3. The van der Waals surface area contributed by atoms with E-state index < -0.39 is 0 Å². The van der Waals surface area contributed by atoms with E-state index in [4.69, 9.17) is 5.73 Å². The fourth-order valence-corrected chi connectivity index (χ4v) is 3.00. The van der Waals surface area contributed by atoms with Crippen molar-refractivity contribution < 1.29 is 0 Å². The first-order chi connectivity index (χ1) is 10.3. The molecule has 0 aliphatic carbocycles. The lowest BCUT2D eigenvalue weighted by molar-refractivity contribution is 0.648. The Hall–Kier alpha value is -2.00. The summed E-state index contributed by atoms with van der Waals surface area (Å²) in [6.07, 6.45) is 0. The Balaban J connectivity index is 1.72. The number of nitrogens with zero attached hydrogens (tertiary/aromatic N) is 2. The van der Waals surface area contributed by atoms with Crippen molar-refractivity contribution in [1.29, 1.82) is 0 Å². The van der Waals surface area contributed by atoms with Gasteiger partial charge in [0, 0.05) is 43.6 Å². The lowest BCUT2D eigenvalue weighted by atomic mass is 10.1. The molecule has 0 radical (unpaired) electrons. The highest BCUT2D eigenvalue weighted by Crippen LogP contribution is 2.26. The van der Waals surface area contributed by atoms with E-state index in [0.717, 1.165) is 26.2 Å². The molecule has 0 aromatic heterocycles. The van der Waals surface area contributed by atoms with Crippen LogP contribution >= 0.6 is 0 Å². The Labute approximate surface area is 127 Å². The van der Waals surface area contributed by atoms with Gasteiger partial charge in [0.15, 0.2) is 0 Å². The SMILES string of the molecule is C[C@@H](N)c1ccccc1N1CCN(c2ccccc2)CC1. The van der Waals surface area contributed by atoms with Gasteiger partial charge in [0.05, 0.1) is 0 Å². The lowest BCUT2D eigenvalue weighted by Crippen LogP contribution is -2.47. The summed E-state index contributed by atoms with van der Waals surface area (Å²) in [5.41, 5.74) is 9.95. The summed E-state index contributed by atoms with van der Waals surface area (Å²) in [7, 11) is 0. The molecule has 0 saturated carbocycles. The predicted molar refractivity (Wildman–Crippen MR) is 89.9 cm³/mol. The van der Waals surface area contributed by atoms with Crippen LogP contribution in [-0.2, 0) is 0 Å². The van der Waals surface area contributed by atoms with E-state index in [1.54, 1.807) is 0 Å². The van der Waals surface area contributed by atoms with Crippen molar-refractivity contribution in [2.75, 3.05) is 36.0 Å². The fourth-order valence-electron chi connectivity index (χ4n) is 3.00. The molecular formula is C18H23N3. The van der Waals surface area contributed by atoms with Crippen LogP contribution in [0, 0.1) is 0 Å². The minimum atomic E-state index is 0.0772. The predicted octanol–water partition coefficient (Wildman–Crippen LogP) is 3.03. The third kappa shape index (κ3) is 3.03. The molecule has 0 unspecified atom stereocenters. The minimum absolute atomic E-state index is 0.0772. The standard InChI is InChI=1S/C18H23N3/c1-15(19)17-9-5-6-10-18(17)21-13-11-20(12-14-21)16-7-3-2-4-8-16/h2-10,15H,11-14,19H2,1H3/t15-/m1/s1. The molecule has 1 saturated heterocycles. The van der Waals surface area contributed by atoms with E-state index in [1.807, 2.05) is 0 Å². The summed E-state index contributed by atoms with van der Waals surface area (Å²) >= 11 is 0. The van der Waals surface area contributed by atoms with Gasteiger partial charge in [-0.2, -0.15) is 0 Å². The van der Waals surface area contributed by atoms with Crippen molar-refractivity contribution in [3.05, 3.63) is 60.2 Å². The van der Waals surface area contributed by atoms with Crippen LogP contribution in [0.3, 0.4) is 0 Å². The summed E-state index contributed by atoms with van der Waals surface area (Å²) in [6, 6.07) is 19.2. The first-order valence-electron chi connectivity index (χ1n) is 7.65. The van der Waals surface area contributed by atoms with Crippen molar-refractivity contribution in [2.45, 2.75) is 13.0 Å². The lowest BCUT2D eigenvalue weighted by Gasteiger charge is -2.38. The summed E-state index contributed by atoms with van der Waals surface area (Å²) in [5.74, 6) is 0. The maximum atomic E-state index is 6.10. The molecule has 1 aliphatic heterocycles.